The summed E-state index contributed by atoms with van der Waals surface area (Å²) in [4.78, 5) is 34.9. The summed E-state index contributed by atoms with van der Waals surface area (Å²) in [6.45, 7) is 0. The van der Waals surface area contributed by atoms with Crippen LogP contribution in [-0.2, 0) is 19.1 Å². The average Bonchev–Trinajstić information content (AvgIpc) is 2.42. The van der Waals surface area contributed by atoms with Gasteiger partial charge in [-0.1, -0.05) is 11.6 Å². The maximum atomic E-state index is 12.0. The van der Waals surface area contributed by atoms with Crippen molar-refractivity contribution in [2.75, 3.05) is 7.11 Å². The summed E-state index contributed by atoms with van der Waals surface area (Å²) in [5, 5.41) is 18.7. The van der Waals surface area contributed by atoms with Crippen molar-refractivity contribution in [3.05, 3.63) is 11.6 Å². The third-order valence-corrected chi connectivity index (χ3v) is 4.58. The zero-order chi connectivity index (χ0) is 15.6. The summed E-state index contributed by atoms with van der Waals surface area (Å²) in [6, 6.07) is 0. The highest BCUT2D eigenvalue weighted by molar-refractivity contribution is 5.84. The van der Waals surface area contributed by atoms with E-state index in [4.69, 9.17) is 4.74 Å². The van der Waals surface area contributed by atoms with Crippen LogP contribution in [0.5, 0.6) is 0 Å². The molecule has 116 valence electrons. The first-order chi connectivity index (χ1) is 9.95. The number of ether oxygens (including phenoxy) is 1. The van der Waals surface area contributed by atoms with Crippen LogP contribution < -0.4 is 0 Å². The van der Waals surface area contributed by atoms with Gasteiger partial charge in [-0.25, -0.2) is 0 Å². The van der Waals surface area contributed by atoms with E-state index in [1.165, 1.54) is 7.11 Å². The van der Waals surface area contributed by atoms with Crippen molar-refractivity contribution >= 4 is 17.7 Å². The second-order valence-electron chi connectivity index (χ2n) is 5.71. The largest absolute Gasteiger partial charge is 0.481 e. The highest BCUT2D eigenvalue weighted by atomic mass is 16.5. The Labute approximate surface area is 122 Å². The number of fused-ring (bicyclic) bond motifs is 1. The molecule has 0 aliphatic heterocycles. The van der Waals surface area contributed by atoms with Crippen LogP contribution in [0.4, 0.5) is 0 Å². The van der Waals surface area contributed by atoms with E-state index in [1.54, 1.807) is 0 Å². The van der Waals surface area contributed by atoms with Gasteiger partial charge in [-0.05, 0) is 31.6 Å². The van der Waals surface area contributed by atoms with Crippen LogP contribution in [0.1, 0.15) is 32.1 Å². The minimum Gasteiger partial charge on any atom is -0.481 e. The van der Waals surface area contributed by atoms with E-state index in [2.05, 4.69) is 0 Å². The van der Waals surface area contributed by atoms with Crippen LogP contribution in [0, 0.1) is 17.8 Å². The van der Waals surface area contributed by atoms with Gasteiger partial charge in [0.1, 0.15) is 6.10 Å². The first kappa shape index (κ1) is 15.7. The normalized spacial score (nSPS) is 33.4. The summed E-state index contributed by atoms with van der Waals surface area (Å²) in [5.74, 6) is -4.61. The highest BCUT2D eigenvalue weighted by Crippen LogP contribution is 2.41. The number of rotatable bonds is 3. The number of hydrogen-bond donors (Lipinski definition) is 2. The number of carboxylic acid groups (broad SMARTS) is 2. The molecule has 4 atom stereocenters. The van der Waals surface area contributed by atoms with Crippen LogP contribution in [0.3, 0.4) is 0 Å². The van der Waals surface area contributed by atoms with Gasteiger partial charge in [0.15, 0.2) is 5.78 Å². The number of ketones is 1. The number of carbonyl (C=O) groups is 3. The molecule has 2 rings (SSSR count). The van der Waals surface area contributed by atoms with Gasteiger partial charge < -0.3 is 14.9 Å². The van der Waals surface area contributed by atoms with E-state index in [0.29, 0.717) is 19.3 Å². The fourth-order valence-corrected chi connectivity index (χ4v) is 3.49. The Morgan fingerprint density at radius 2 is 1.95 bits per heavy atom. The van der Waals surface area contributed by atoms with Crippen molar-refractivity contribution in [2.45, 2.75) is 38.2 Å². The third-order valence-electron chi connectivity index (χ3n) is 4.58. The summed E-state index contributed by atoms with van der Waals surface area (Å²) in [7, 11) is 1.43. The molecule has 6 heteroatoms. The van der Waals surface area contributed by atoms with Gasteiger partial charge in [0, 0.05) is 13.5 Å². The molecule has 2 aliphatic rings. The Hall–Kier alpha value is -1.69. The summed E-state index contributed by atoms with van der Waals surface area (Å²) >= 11 is 0. The van der Waals surface area contributed by atoms with Crippen LogP contribution >= 0.6 is 0 Å². The first-order valence-electron chi connectivity index (χ1n) is 7.15. The molecule has 0 aromatic heterocycles. The highest BCUT2D eigenvalue weighted by Gasteiger charge is 2.45. The second-order valence-corrected chi connectivity index (χ2v) is 5.71. The molecule has 0 bridgehead atoms. The van der Waals surface area contributed by atoms with Gasteiger partial charge in [-0.15, -0.1) is 0 Å². The Morgan fingerprint density at radius 3 is 2.52 bits per heavy atom. The van der Waals surface area contributed by atoms with Crippen LogP contribution in [0.25, 0.3) is 0 Å². The lowest BCUT2D eigenvalue weighted by Gasteiger charge is -2.37. The summed E-state index contributed by atoms with van der Waals surface area (Å²) in [6.07, 6.45) is 3.43. The molecule has 0 aromatic carbocycles. The van der Waals surface area contributed by atoms with E-state index >= 15 is 0 Å². The van der Waals surface area contributed by atoms with Gasteiger partial charge in [0.25, 0.3) is 0 Å². The van der Waals surface area contributed by atoms with Gasteiger partial charge in [-0.2, -0.15) is 0 Å². The lowest BCUT2D eigenvalue weighted by Crippen LogP contribution is -2.42. The molecule has 0 saturated heterocycles. The Kier molecular flexibility index (Phi) is 4.77. The molecule has 6 nitrogen and oxygen atoms in total. The maximum Gasteiger partial charge on any atom is 0.307 e. The molecule has 0 aromatic rings. The minimum atomic E-state index is -1.11. The van der Waals surface area contributed by atoms with Crippen molar-refractivity contribution in [1.82, 2.24) is 0 Å². The Bertz CT molecular complexity index is 481. The minimum absolute atomic E-state index is 0.0295. The lowest BCUT2D eigenvalue weighted by atomic mass is 9.67. The predicted octanol–water partition coefficient (Wildman–Crippen LogP) is 1.49. The van der Waals surface area contributed by atoms with Crippen molar-refractivity contribution in [3.8, 4) is 0 Å². The van der Waals surface area contributed by atoms with Gasteiger partial charge in [0.2, 0.25) is 0 Å². The van der Waals surface area contributed by atoms with E-state index in [9.17, 15) is 24.6 Å². The molecular formula is C15H20O6. The predicted molar refractivity (Wildman–Crippen MR) is 72.7 cm³/mol. The van der Waals surface area contributed by atoms with Crippen molar-refractivity contribution in [3.63, 3.8) is 0 Å². The monoisotopic (exact) mass is 296 g/mol. The summed E-state index contributed by atoms with van der Waals surface area (Å²) < 4.78 is 5.19. The van der Waals surface area contributed by atoms with E-state index in [-0.39, 0.29) is 18.6 Å². The first-order valence-corrected chi connectivity index (χ1v) is 7.15. The fraction of sp³-hybridized carbons (Fsp3) is 0.667. The van der Waals surface area contributed by atoms with E-state index < -0.39 is 35.8 Å². The topological polar surface area (TPSA) is 101 Å². The average molecular weight is 296 g/mol. The molecular weight excluding hydrogens is 276 g/mol. The van der Waals surface area contributed by atoms with Crippen molar-refractivity contribution in [1.29, 1.82) is 0 Å². The molecule has 2 N–H and O–H groups in total. The van der Waals surface area contributed by atoms with E-state index in [1.807, 2.05) is 6.08 Å². The molecule has 2 aliphatic carbocycles. The van der Waals surface area contributed by atoms with Gasteiger partial charge in [-0.3, -0.25) is 14.4 Å². The van der Waals surface area contributed by atoms with Crippen LogP contribution in [0.2, 0.25) is 0 Å². The zero-order valence-corrected chi connectivity index (χ0v) is 11.9. The van der Waals surface area contributed by atoms with Crippen LogP contribution in [0.15, 0.2) is 11.6 Å². The SMILES string of the molecule is CO[C@H]1C[C@H]2C(=CC[C@@H](C(=O)O)[C@H]2C(=O)O)CCCC1=O. The number of Topliss-reactive ketones (excluding diaryl/α,β-unsaturated/α-hetero) is 1. The Morgan fingerprint density at radius 1 is 1.24 bits per heavy atom. The van der Waals surface area contributed by atoms with Gasteiger partial charge in [0.05, 0.1) is 11.8 Å². The number of hydrogen-bond acceptors (Lipinski definition) is 4. The lowest BCUT2D eigenvalue weighted by molar-refractivity contribution is -0.157. The molecule has 0 heterocycles. The zero-order valence-electron chi connectivity index (χ0n) is 11.9. The van der Waals surface area contributed by atoms with Gasteiger partial charge >= 0.3 is 11.9 Å². The van der Waals surface area contributed by atoms with Crippen LogP contribution in [-0.4, -0.2) is 41.1 Å². The number of carbonyl (C=O) groups excluding carboxylic acids is 1. The number of carboxylic acids is 2. The molecule has 21 heavy (non-hydrogen) atoms. The molecule has 1 saturated carbocycles. The molecule has 1 fully saturated rings. The smallest absolute Gasteiger partial charge is 0.307 e. The molecule has 0 spiro atoms. The summed E-state index contributed by atoms with van der Waals surface area (Å²) in [5.41, 5.74) is 0.967. The van der Waals surface area contributed by atoms with Crippen molar-refractivity contribution < 1.29 is 29.3 Å². The quantitative estimate of drug-likeness (QED) is 0.765. The van der Waals surface area contributed by atoms with E-state index in [0.717, 1.165) is 5.57 Å². The molecule has 0 radical (unpaired) electrons. The third kappa shape index (κ3) is 3.15. The molecule has 0 amide bonds. The number of aliphatic carboxylic acids is 2. The second kappa shape index (κ2) is 6.39. The number of methoxy groups -OCH3 is 1. The fourth-order valence-electron chi connectivity index (χ4n) is 3.49. The van der Waals surface area contributed by atoms with Crippen molar-refractivity contribution in [2.24, 2.45) is 17.8 Å². The maximum absolute atomic E-state index is 12.0. The Balaban J connectivity index is 2.36. The number of allylic oxidation sites excluding steroid dienone is 2. The molecule has 0 unspecified atom stereocenters. The standard InChI is InChI=1S/C15H20O6/c1-21-12-7-10-8(3-2-4-11(12)16)5-6-9(14(17)18)13(10)15(19)20/h5,9-10,12-13H,2-4,6-7H2,1H3,(H,17,18)(H,19,20)/t9-,10+,12+,13-/m1/s1.